The van der Waals surface area contributed by atoms with E-state index in [9.17, 15) is 0 Å². The van der Waals surface area contributed by atoms with Gasteiger partial charge in [-0.25, -0.2) is 0 Å². The summed E-state index contributed by atoms with van der Waals surface area (Å²) in [5.41, 5.74) is 1.20. The van der Waals surface area contributed by atoms with E-state index in [4.69, 9.17) is 0 Å². The van der Waals surface area contributed by atoms with Crippen molar-refractivity contribution in [2.24, 2.45) is 0 Å². The van der Waals surface area contributed by atoms with Gasteiger partial charge >= 0.3 is 0 Å². The van der Waals surface area contributed by atoms with E-state index in [0.717, 1.165) is 0 Å². The second-order valence-corrected chi connectivity index (χ2v) is 1.55. The molecule has 1 aromatic carbocycles. The van der Waals surface area contributed by atoms with Crippen molar-refractivity contribution in [1.29, 1.82) is 0 Å². The molecule has 0 heterocycles. The molecule has 0 spiro atoms. The van der Waals surface area contributed by atoms with E-state index in [-0.39, 0.29) is 25.8 Å². The summed E-state index contributed by atoms with van der Waals surface area (Å²) < 4.78 is 0. The maximum Gasteiger partial charge on any atom is 0 e. The Kier molecular flexibility index (Phi) is 4.06. The van der Waals surface area contributed by atoms with Crippen LogP contribution in [0.1, 0.15) is 5.56 Å². The fourth-order valence-electron chi connectivity index (χ4n) is 0.483. The monoisotopic (exact) mass is 271 g/mol. The van der Waals surface area contributed by atoms with Crippen LogP contribution in [0, 0.1) is 13.0 Å². The fourth-order valence-corrected chi connectivity index (χ4v) is 0.483. The summed E-state index contributed by atoms with van der Waals surface area (Å²) in [6.07, 6.45) is 0. The van der Waals surface area contributed by atoms with Crippen LogP contribution in [0.2, 0.25) is 0 Å². The third-order valence-electron chi connectivity index (χ3n) is 0.865. The Balaban J connectivity index is 0.000000490. The van der Waals surface area contributed by atoms with Crippen LogP contribution in [0.5, 0.6) is 0 Å². The zero-order chi connectivity index (χ0) is 5.11. The summed E-state index contributed by atoms with van der Waals surface area (Å²) in [7, 11) is 0. The molecule has 0 amide bonds. The normalized spacial score (nSPS) is 7.62. The van der Waals surface area contributed by atoms with Gasteiger partial charge in [-0.2, -0.15) is 35.9 Å². The molecule has 0 aliphatic rings. The number of hydrogen-bond acceptors (Lipinski definition) is 0. The predicted molar refractivity (Wildman–Crippen MR) is 30.0 cm³/mol. The molecule has 0 radical (unpaired) electrons. The van der Waals surface area contributed by atoms with Crippen LogP contribution in [0.4, 0.5) is 0 Å². The molecule has 1 heteroatoms. The summed E-state index contributed by atoms with van der Waals surface area (Å²) in [6.45, 7) is 2.03. The van der Waals surface area contributed by atoms with Gasteiger partial charge in [-0.1, -0.05) is 6.92 Å². The van der Waals surface area contributed by atoms with Crippen molar-refractivity contribution in [3.8, 4) is 0 Å². The van der Waals surface area contributed by atoms with Crippen LogP contribution in [-0.4, -0.2) is 0 Å². The molecule has 0 nitrogen and oxygen atoms in total. The summed E-state index contributed by atoms with van der Waals surface area (Å²) in [5.74, 6) is 0. The zero-order valence-corrected chi connectivity index (χ0v) is 8.40. The van der Waals surface area contributed by atoms with E-state index in [1.165, 1.54) is 5.56 Å². The first kappa shape index (κ1) is 8.09. The van der Waals surface area contributed by atoms with Crippen molar-refractivity contribution in [2.45, 2.75) is 6.92 Å². The minimum absolute atomic E-state index is 0. The number of hydrogen-bond donors (Lipinski definition) is 0. The van der Waals surface area contributed by atoms with Gasteiger partial charge < -0.3 is 0 Å². The van der Waals surface area contributed by atoms with Gasteiger partial charge in [-0.05, 0) is 0 Å². The Morgan fingerprint density at radius 1 is 1.38 bits per heavy atom. The predicted octanol–water partition coefficient (Wildman–Crippen LogP) is 1.79. The summed E-state index contributed by atoms with van der Waals surface area (Å²) in [5, 5.41) is 0. The standard InChI is InChI=1S/C7H7.Hf/c1-7-5-3-2-4-6-7;/h2-5H,1H3;/q-1;. The van der Waals surface area contributed by atoms with Crippen molar-refractivity contribution in [3.05, 3.63) is 35.9 Å². The van der Waals surface area contributed by atoms with E-state index in [2.05, 4.69) is 6.07 Å². The van der Waals surface area contributed by atoms with Crippen molar-refractivity contribution < 1.29 is 25.8 Å². The zero-order valence-electron chi connectivity index (χ0n) is 4.81. The van der Waals surface area contributed by atoms with Gasteiger partial charge in [0.1, 0.15) is 0 Å². The molecule has 1 rings (SSSR count). The van der Waals surface area contributed by atoms with Crippen LogP contribution in [-0.2, 0) is 25.8 Å². The van der Waals surface area contributed by atoms with Crippen LogP contribution in [0.15, 0.2) is 24.3 Å². The number of rotatable bonds is 0. The first-order chi connectivity index (χ1) is 3.39. The third kappa shape index (κ3) is 2.41. The second kappa shape index (κ2) is 4.02. The minimum atomic E-state index is 0. The molecular weight excluding hydrogens is 263 g/mol. The van der Waals surface area contributed by atoms with Crippen LogP contribution in [0.3, 0.4) is 0 Å². The van der Waals surface area contributed by atoms with E-state index < -0.39 is 0 Å². The molecule has 0 saturated carbocycles. The average Bonchev–Trinajstić information content (AvgIpc) is 1.69. The van der Waals surface area contributed by atoms with E-state index in [1.807, 2.05) is 31.2 Å². The quantitative estimate of drug-likeness (QED) is 0.498. The fraction of sp³-hybridized carbons (Fsp3) is 0.143. The summed E-state index contributed by atoms with van der Waals surface area (Å²) >= 11 is 0. The Labute approximate surface area is 68.7 Å². The van der Waals surface area contributed by atoms with Crippen LogP contribution in [0.25, 0.3) is 0 Å². The van der Waals surface area contributed by atoms with Gasteiger partial charge in [0.15, 0.2) is 0 Å². The Morgan fingerprint density at radius 2 is 2.12 bits per heavy atom. The second-order valence-electron chi connectivity index (χ2n) is 1.55. The largest absolute Gasteiger partial charge is 0.181 e. The molecule has 0 unspecified atom stereocenters. The van der Waals surface area contributed by atoms with E-state index in [1.54, 1.807) is 0 Å². The molecule has 40 valence electrons. The van der Waals surface area contributed by atoms with Crippen molar-refractivity contribution in [2.75, 3.05) is 0 Å². The summed E-state index contributed by atoms with van der Waals surface area (Å²) in [4.78, 5) is 0. The van der Waals surface area contributed by atoms with E-state index in [0.29, 0.717) is 0 Å². The van der Waals surface area contributed by atoms with Gasteiger partial charge in [-0.15, -0.1) is 0 Å². The SMILES string of the molecule is Cc1[c-]cccc1.[Hf]. The molecule has 0 aliphatic carbocycles. The molecule has 0 fully saturated rings. The first-order valence-electron chi connectivity index (χ1n) is 2.33. The maximum absolute atomic E-state index is 3.03. The Hall–Kier alpha value is 0.0901. The van der Waals surface area contributed by atoms with Crippen molar-refractivity contribution in [1.82, 2.24) is 0 Å². The molecule has 0 saturated heterocycles. The molecule has 0 bridgehead atoms. The Bertz CT molecular complexity index is 134. The average molecular weight is 270 g/mol. The van der Waals surface area contributed by atoms with Gasteiger partial charge in [0.05, 0.1) is 0 Å². The van der Waals surface area contributed by atoms with Gasteiger partial charge in [0, 0.05) is 25.8 Å². The molecule has 0 N–H and O–H groups in total. The number of aryl methyl sites for hydroxylation is 1. The molecule has 0 aliphatic heterocycles. The molecule has 8 heavy (non-hydrogen) atoms. The van der Waals surface area contributed by atoms with Crippen molar-refractivity contribution in [3.63, 3.8) is 0 Å². The van der Waals surface area contributed by atoms with Crippen LogP contribution < -0.4 is 0 Å². The topological polar surface area (TPSA) is 0 Å². The maximum atomic E-state index is 3.03. The molecule has 0 atom stereocenters. The van der Waals surface area contributed by atoms with Gasteiger partial charge in [0.25, 0.3) is 0 Å². The smallest absolute Gasteiger partial charge is 0 e. The van der Waals surface area contributed by atoms with Crippen molar-refractivity contribution >= 4 is 0 Å². The summed E-state index contributed by atoms with van der Waals surface area (Å²) in [6, 6.07) is 10.9. The number of benzene rings is 1. The first-order valence-corrected chi connectivity index (χ1v) is 2.33. The Morgan fingerprint density at radius 3 is 2.38 bits per heavy atom. The molecule has 0 aromatic heterocycles. The molecule has 1 aromatic rings. The van der Waals surface area contributed by atoms with Crippen LogP contribution >= 0.6 is 0 Å². The van der Waals surface area contributed by atoms with E-state index >= 15 is 0 Å². The van der Waals surface area contributed by atoms with Gasteiger partial charge in [-0.3, -0.25) is 0 Å². The van der Waals surface area contributed by atoms with Gasteiger partial charge in [0.2, 0.25) is 0 Å². The minimum Gasteiger partial charge on any atom is -0.181 e. The third-order valence-corrected chi connectivity index (χ3v) is 0.865. The molecular formula is C7H7Hf-.